The number of hydrogen-bond acceptors (Lipinski definition) is 6. The molecule has 3 amide bonds. The number of nitrogens with one attached hydrogen (secondary N) is 1. The van der Waals surface area contributed by atoms with Crippen LogP contribution in [0.2, 0.25) is 0 Å². The predicted molar refractivity (Wildman–Crippen MR) is 107 cm³/mol. The third-order valence-electron chi connectivity index (χ3n) is 5.77. The molecule has 152 valence electrons. The molecule has 0 saturated carbocycles. The highest BCUT2D eigenvalue weighted by Gasteiger charge is 2.52. The Balaban J connectivity index is 1.34. The first-order chi connectivity index (χ1) is 14.6. The quantitative estimate of drug-likeness (QED) is 0.672. The van der Waals surface area contributed by atoms with Crippen LogP contribution in [0.5, 0.6) is 5.75 Å². The number of carbonyl (C=O) groups is 2. The molecule has 1 aromatic heterocycles. The number of imide groups is 1. The van der Waals surface area contributed by atoms with Crippen molar-refractivity contribution < 1.29 is 18.7 Å². The number of carbonyl (C=O) groups excluding carboxylic acids is 2. The molecule has 0 bridgehead atoms. The minimum absolute atomic E-state index is 0.0583. The van der Waals surface area contributed by atoms with Crippen LogP contribution in [0.1, 0.15) is 23.4 Å². The molecule has 1 aliphatic carbocycles. The highest BCUT2D eigenvalue weighted by Crippen LogP contribution is 2.34. The van der Waals surface area contributed by atoms with Gasteiger partial charge in [-0.2, -0.15) is 0 Å². The molecule has 1 atom stereocenters. The largest absolute Gasteiger partial charge is 0.497 e. The molecule has 2 heterocycles. The average Bonchev–Trinajstić information content (AvgIpc) is 3.33. The Labute approximate surface area is 172 Å². The Morgan fingerprint density at radius 1 is 1.10 bits per heavy atom. The summed E-state index contributed by atoms with van der Waals surface area (Å²) in [5.74, 6) is 1.00. The van der Waals surface area contributed by atoms with Crippen molar-refractivity contribution in [2.45, 2.75) is 31.3 Å². The fourth-order valence-corrected chi connectivity index (χ4v) is 4.15. The monoisotopic (exact) mass is 404 g/mol. The van der Waals surface area contributed by atoms with Gasteiger partial charge >= 0.3 is 6.03 Å². The summed E-state index contributed by atoms with van der Waals surface area (Å²) >= 11 is 0. The number of hydrogen-bond donors (Lipinski definition) is 1. The van der Waals surface area contributed by atoms with Gasteiger partial charge in [-0.05, 0) is 48.2 Å². The number of methoxy groups -OCH3 is 1. The van der Waals surface area contributed by atoms with Gasteiger partial charge in [0.1, 0.15) is 17.8 Å². The lowest BCUT2D eigenvalue weighted by Crippen LogP contribution is -2.51. The van der Waals surface area contributed by atoms with Crippen LogP contribution in [0.4, 0.5) is 4.79 Å². The second-order valence-corrected chi connectivity index (χ2v) is 7.58. The standard InChI is InChI=1S/C22H20N4O4/c1-29-17-8-6-15(7-9-17)19-25-24-18(30-19)13-26-20(27)22(23-21(26)28)11-10-14-4-2-3-5-16(14)12-22/h2-9H,10-13H2,1H3,(H,23,28). The second kappa shape index (κ2) is 6.98. The van der Waals surface area contributed by atoms with E-state index in [0.717, 1.165) is 23.3 Å². The Morgan fingerprint density at radius 2 is 1.87 bits per heavy atom. The third kappa shape index (κ3) is 3.01. The van der Waals surface area contributed by atoms with Gasteiger partial charge in [0.15, 0.2) is 0 Å². The van der Waals surface area contributed by atoms with Gasteiger partial charge in [-0.1, -0.05) is 24.3 Å². The molecule has 2 aromatic carbocycles. The zero-order chi connectivity index (χ0) is 20.7. The minimum atomic E-state index is -0.899. The van der Waals surface area contributed by atoms with Crippen LogP contribution >= 0.6 is 0 Å². The summed E-state index contributed by atoms with van der Waals surface area (Å²) in [6, 6.07) is 14.8. The van der Waals surface area contributed by atoms with E-state index in [1.54, 1.807) is 31.4 Å². The molecule has 3 aromatic rings. The van der Waals surface area contributed by atoms with Crippen molar-refractivity contribution in [1.82, 2.24) is 20.4 Å². The minimum Gasteiger partial charge on any atom is -0.497 e. The summed E-state index contributed by atoms with van der Waals surface area (Å²) in [7, 11) is 1.59. The second-order valence-electron chi connectivity index (χ2n) is 7.58. The first-order valence-corrected chi connectivity index (χ1v) is 9.76. The Kier molecular flexibility index (Phi) is 4.27. The maximum atomic E-state index is 13.2. The van der Waals surface area contributed by atoms with Crippen molar-refractivity contribution in [1.29, 1.82) is 0 Å². The lowest BCUT2D eigenvalue weighted by atomic mass is 9.78. The molecule has 8 nitrogen and oxygen atoms in total. The highest BCUT2D eigenvalue weighted by molar-refractivity contribution is 6.07. The molecule has 1 N–H and O–H groups in total. The zero-order valence-corrected chi connectivity index (χ0v) is 16.4. The van der Waals surface area contributed by atoms with Gasteiger partial charge in [-0.25, -0.2) is 4.79 Å². The van der Waals surface area contributed by atoms with Crippen molar-refractivity contribution >= 4 is 11.9 Å². The number of aromatic nitrogens is 2. The van der Waals surface area contributed by atoms with Crippen molar-refractivity contribution in [2.75, 3.05) is 7.11 Å². The zero-order valence-electron chi connectivity index (χ0n) is 16.4. The molecule has 30 heavy (non-hydrogen) atoms. The molecule has 0 radical (unpaired) electrons. The summed E-state index contributed by atoms with van der Waals surface area (Å²) in [6.07, 6.45) is 1.81. The van der Waals surface area contributed by atoms with Crippen molar-refractivity contribution in [3.63, 3.8) is 0 Å². The van der Waals surface area contributed by atoms with Crippen molar-refractivity contribution in [3.05, 3.63) is 65.5 Å². The summed E-state index contributed by atoms with van der Waals surface area (Å²) in [6.45, 7) is -0.0583. The maximum absolute atomic E-state index is 13.2. The number of aryl methyl sites for hydroxylation is 1. The van der Waals surface area contributed by atoms with Gasteiger partial charge < -0.3 is 14.5 Å². The fourth-order valence-electron chi connectivity index (χ4n) is 4.15. The fraction of sp³-hybridized carbons (Fsp3) is 0.273. The van der Waals surface area contributed by atoms with Crippen LogP contribution in [0.25, 0.3) is 11.5 Å². The number of rotatable bonds is 4. The smallest absolute Gasteiger partial charge is 0.325 e. The topological polar surface area (TPSA) is 97.6 Å². The van der Waals surface area contributed by atoms with Crippen molar-refractivity contribution in [3.8, 4) is 17.2 Å². The summed E-state index contributed by atoms with van der Waals surface area (Å²) in [5.41, 5.74) is 2.15. The first kappa shape index (κ1) is 18.4. The first-order valence-electron chi connectivity index (χ1n) is 9.76. The molecule has 1 spiro atoms. The molecular formula is C22H20N4O4. The van der Waals surface area contributed by atoms with E-state index in [1.807, 2.05) is 18.2 Å². The van der Waals surface area contributed by atoms with E-state index in [4.69, 9.17) is 9.15 Å². The van der Waals surface area contributed by atoms with Gasteiger partial charge in [0.2, 0.25) is 11.8 Å². The molecule has 5 rings (SSSR count). The molecule has 2 aliphatic rings. The lowest BCUT2D eigenvalue weighted by molar-refractivity contribution is -0.132. The van der Waals surface area contributed by atoms with Crippen LogP contribution in [-0.2, 0) is 24.2 Å². The summed E-state index contributed by atoms with van der Waals surface area (Å²) < 4.78 is 10.8. The van der Waals surface area contributed by atoms with Crippen LogP contribution < -0.4 is 10.1 Å². The summed E-state index contributed by atoms with van der Waals surface area (Å²) in [4.78, 5) is 27.0. The number of urea groups is 1. The van der Waals surface area contributed by atoms with Gasteiger partial charge in [0, 0.05) is 12.0 Å². The number of amides is 3. The van der Waals surface area contributed by atoms with Crippen LogP contribution in [0.15, 0.2) is 52.9 Å². The highest BCUT2D eigenvalue weighted by atomic mass is 16.5. The van der Waals surface area contributed by atoms with E-state index in [9.17, 15) is 9.59 Å². The maximum Gasteiger partial charge on any atom is 0.325 e. The number of nitrogens with zero attached hydrogens (tertiary/aromatic N) is 3. The van der Waals surface area contributed by atoms with Crippen molar-refractivity contribution in [2.24, 2.45) is 0 Å². The number of fused-ring (bicyclic) bond motifs is 1. The molecule has 1 saturated heterocycles. The van der Waals surface area contributed by atoms with E-state index in [0.29, 0.717) is 18.7 Å². The SMILES string of the molecule is COc1ccc(-c2nnc(CN3C(=O)NC4(CCc5ccccc5C4)C3=O)o2)cc1. The number of benzene rings is 2. The normalized spacial score (nSPS) is 20.4. The molecular weight excluding hydrogens is 384 g/mol. The third-order valence-corrected chi connectivity index (χ3v) is 5.77. The molecule has 1 fully saturated rings. The van der Waals surface area contributed by atoms with Gasteiger partial charge in [0.05, 0.1) is 7.11 Å². The molecule has 1 unspecified atom stereocenters. The lowest BCUT2D eigenvalue weighted by Gasteiger charge is -2.32. The molecule has 1 aliphatic heterocycles. The van der Waals surface area contributed by atoms with Gasteiger partial charge in [-0.3, -0.25) is 9.69 Å². The van der Waals surface area contributed by atoms with Gasteiger partial charge in [0.25, 0.3) is 5.91 Å². The average molecular weight is 404 g/mol. The van der Waals surface area contributed by atoms with Crippen LogP contribution in [-0.4, -0.2) is 39.7 Å². The van der Waals surface area contributed by atoms with Crippen LogP contribution in [0.3, 0.4) is 0 Å². The van der Waals surface area contributed by atoms with E-state index >= 15 is 0 Å². The Bertz CT molecular complexity index is 1120. The van der Waals surface area contributed by atoms with E-state index in [-0.39, 0.29) is 18.3 Å². The van der Waals surface area contributed by atoms with E-state index in [2.05, 4.69) is 21.6 Å². The summed E-state index contributed by atoms with van der Waals surface area (Å²) in [5, 5.41) is 11.0. The van der Waals surface area contributed by atoms with E-state index < -0.39 is 11.6 Å². The van der Waals surface area contributed by atoms with Crippen LogP contribution in [0, 0.1) is 0 Å². The Morgan fingerprint density at radius 3 is 2.63 bits per heavy atom. The van der Waals surface area contributed by atoms with E-state index in [1.165, 1.54) is 10.5 Å². The molecule has 8 heteroatoms. The Hall–Kier alpha value is -3.68. The van der Waals surface area contributed by atoms with Gasteiger partial charge in [-0.15, -0.1) is 10.2 Å². The number of ether oxygens (including phenoxy) is 1. The predicted octanol–water partition coefficient (Wildman–Crippen LogP) is 2.72.